The van der Waals surface area contributed by atoms with Crippen molar-refractivity contribution < 1.29 is 8.42 Å². The molecule has 0 aliphatic rings. The zero-order valence-corrected chi connectivity index (χ0v) is 20.9. The largest absolute Gasteiger partial charge is 0.253 e. The molecule has 5 aromatic rings. The maximum absolute atomic E-state index is 11.6. The molecule has 2 heterocycles. The predicted molar refractivity (Wildman–Crippen MR) is 144 cm³/mol. The van der Waals surface area contributed by atoms with Gasteiger partial charge in [0.25, 0.3) is 0 Å². The first-order valence-corrected chi connectivity index (χ1v) is 13.4. The molecule has 2 aromatic heterocycles. The third-order valence-electron chi connectivity index (χ3n) is 5.43. The van der Waals surface area contributed by atoms with Gasteiger partial charge >= 0.3 is 0 Å². The van der Waals surface area contributed by atoms with Crippen molar-refractivity contribution in [2.24, 2.45) is 10.2 Å². The third kappa shape index (κ3) is 5.25. The van der Waals surface area contributed by atoms with Crippen LogP contribution in [-0.4, -0.2) is 29.4 Å². The number of sulfonamides is 1. The molecule has 0 aliphatic carbocycles. The summed E-state index contributed by atoms with van der Waals surface area (Å²) in [6, 6.07) is 24.2. The summed E-state index contributed by atoms with van der Waals surface area (Å²) in [6.07, 6.45) is 3.53. The monoisotopic (exact) mass is 514 g/mol. The molecule has 0 atom stereocenters. The number of nitrogens with one attached hydrogen (secondary N) is 1. The van der Waals surface area contributed by atoms with E-state index < -0.39 is 10.0 Å². The Bertz CT molecular complexity index is 1620. The average Bonchev–Trinajstić information content (AvgIpc) is 3.53. The molecular weight excluding hydrogens is 492 g/mol. The van der Waals surface area contributed by atoms with E-state index in [1.165, 1.54) is 23.5 Å². The Kier molecular flexibility index (Phi) is 6.47. The van der Waals surface area contributed by atoms with Gasteiger partial charge in [0.1, 0.15) is 5.69 Å². The Morgan fingerprint density at radius 1 is 0.972 bits per heavy atom. The molecule has 8 nitrogen and oxygen atoms in total. The van der Waals surface area contributed by atoms with Crippen LogP contribution in [0.25, 0.3) is 28.2 Å². The van der Waals surface area contributed by atoms with E-state index in [4.69, 9.17) is 10.2 Å². The van der Waals surface area contributed by atoms with Crippen molar-refractivity contribution in [3.05, 3.63) is 102 Å². The van der Waals surface area contributed by atoms with Crippen LogP contribution in [0, 0.1) is 6.92 Å². The Morgan fingerprint density at radius 3 is 2.39 bits per heavy atom. The normalized spacial score (nSPS) is 11.7. The van der Waals surface area contributed by atoms with Crippen LogP contribution in [0.1, 0.15) is 11.1 Å². The molecule has 0 bridgehead atoms. The molecule has 5 rings (SSSR count). The second-order valence-corrected chi connectivity index (χ2v) is 10.5. The average molecular weight is 515 g/mol. The van der Waals surface area contributed by atoms with Crippen molar-refractivity contribution in [2.75, 3.05) is 5.43 Å². The summed E-state index contributed by atoms with van der Waals surface area (Å²) in [5.74, 6) is 0. The van der Waals surface area contributed by atoms with Crippen molar-refractivity contribution in [2.45, 2.75) is 11.8 Å². The Labute approximate surface area is 212 Å². The van der Waals surface area contributed by atoms with E-state index in [0.717, 1.165) is 33.6 Å². The highest BCUT2D eigenvalue weighted by molar-refractivity contribution is 7.89. The predicted octanol–water partition coefficient (Wildman–Crippen LogP) is 5.06. The van der Waals surface area contributed by atoms with Gasteiger partial charge in [0, 0.05) is 28.3 Å². The summed E-state index contributed by atoms with van der Waals surface area (Å²) in [5, 5.41) is 17.0. The second kappa shape index (κ2) is 9.86. The van der Waals surface area contributed by atoms with Crippen LogP contribution in [0.4, 0.5) is 5.13 Å². The Balaban J connectivity index is 1.43. The smallest absolute Gasteiger partial charge is 0.238 e. The molecule has 36 heavy (non-hydrogen) atoms. The number of rotatable bonds is 7. The van der Waals surface area contributed by atoms with Gasteiger partial charge in [0.15, 0.2) is 0 Å². The van der Waals surface area contributed by atoms with Crippen LogP contribution in [0.2, 0.25) is 0 Å². The van der Waals surface area contributed by atoms with Crippen LogP contribution >= 0.6 is 11.3 Å². The third-order valence-corrected chi connectivity index (χ3v) is 7.11. The first-order valence-electron chi connectivity index (χ1n) is 11.0. The fraction of sp³-hybridized carbons (Fsp3) is 0.0385. The first kappa shape index (κ1) is 23.6. The van der Waals surface area contributed by atoms with Gasteiger partial charge in [-0.15, -0.1) is 11.3 Å². The van der Waals surface area contributed by atoms with Gasteiger partial charge in [-0.2, -0.15) is 10.2 Å². The van der Waals surface area contributed by atoms with Gasteiger partial charge < -0.3 is 0 Å². The molecule has 3 N–H and O–H groups in total. The fourth-order valence-corrected chi connectivity index (χ4v) is 4.75. The van der Waals surface area contributed by atoms with Crippen LogP contribution < -0.4 is 10.6 Å². The molecule has 0 unspecified atom stereocenters. The minimum Gasteiger partial charge on any atom is -0.253 e. The number of hydrazone groups is 1. The van der Waals surface area contributed by atoms with Crippen LogP contribution in [0.3, 0.4) is 0 Å². The standard InChI is InChI=1S/C26H22N6O2S2/c1-18-7-9-20(10-8-18)25-21(16-32(31-25)22-11-13-23(14-12-22)36(27,33)34)15-28-30-26-29-24(17-35-26)19-5-3-2-4-6-19/h2-17H,1H3,(H,29,30)(H2,27,33,34)/b28-15+. The van der Waals surface area contributed by atoms with Gasteiger partial charge in [0.2, 0.25) is 15.2 Å². The summed E-state index contributed by atoms with van der Waals surface area (Å²) in [7, 11) is -3.77. The quantitative estimate of drug-likeness (QED) is 0.233. The number of aryl methyl sites for hydroxylation is 1. The Morgan fingerprint density at radius 2 is 1.69 bits per heavy atom. The van der Waals surface area contributed by atoms with E-state index in [1.807, 2.05) is 73.1 Å². The number of thiazole rings is 1. The molecule has 0 spiro atoms. The molecule has 180 valence electrons. The molecular formula is C26H22N6O2S2. The van der Waals surface area contributed by atoms with E-state index in [0.29, 0.717) is 10.8 Å². The Hall–Kier alpha value is -4.12. The van der Waals surface area contributed by atoms with Crippen molar-refractivity contribution in [1.82, 2.24) is 14.8 Å². The number of nitrogens with two attached hydrogens (primary N) is 1. The number of anilines is 1. The van der Waals surface area contributed by atoms with Crippen LogP contribution in [0.15, 0.2) is 100 Å². The van der Waals surface area contributed by atoms with E-state index >= 15 is 0 Å². The summed E-state index contributed by atoms with van der Waals surface area (Å²) in [6.45, 7) is 2.03. The summed E-state index contributed by atoms with van der Waals surface area (Å²) in [4.78, 5) is 4.64. The lowest BCUT2D eigenvalue weighted by Crippen LogP contribution is -2.12. The van der Waals surface area contributed by atoms with Crippen molar-refractivity contribution >= 4 is 32.7 Å². The maximum Gasteiger partial charge on any atom is 0.238 e. The minimum absolute atomic E-state index is 0.0430. The molecule has 0 saturated heterocycles. The molecule has 0 amide bonds. The lowest BCUT2D eigenvalue weighted by molar-refractivity contribution is 0.598. The topological polar surface area (TPSA) is 115 Å². The molecule has 0 radical (unpaired) electrons. The van der Waals surface area contributed by atoms with E-state index in [2.05, 4.69) is 15.5 Å². The van der Waals surface area contributed by atoms with Gasteiger partial charge in [-0.1, -0.05) is 60.2 Å². The number of aromatic nitrogens is 3. The van der Waals surface area contributed by atoms with Gasteiger partial charge in [-0.05, 0) is 31.2 Å². The molecule has 3 aromatic carbocycles. The number of hydrogen-bond donors (Lipinski definition) is 2. The maximum atomic E-state index is 11.6. The van der Waals surface area contributed by atoms with Gasteiger partial charge in [-0.3, -0.25) is 5.43 Å². The summed E-state index contributed by atoms with van der Waals surface area (Å²) in [5.41, 5.74) is 9.21. The molecule has 0 saturated carbocycles. The number of hydrogen-bond acceptors (Lipinski definition) is 7. The molecule has 0 fully saturated rings. The van der Waals surface area contributed by atoms with E-state index in [1.54, 1.807) is 23.0 Å². The number of benzene rings is 3. The molecule has 0 aliphatic heterocycles. The van der Waals surface area contributed by atoms with Crippen molar-refractivity contribution in [3.8, 4) is 28.2 Å². The highest BCUT2D eigenvalue weighted by Gasteiger charge is 2.13. The lowest BCUT2D eigenvalue weighted by Gasteiger charge is -2.03. The lowest BCUT2D eigenvalue weighted by atomic mass is 10.1. The second-order valence-electron chi connectivity index (χ2n) is 8.06. The summed E-state index contributed by atoms with van der Waals surface area (Å²) >= 11 is 1.47. The zero-order chi connectivity index (χ0) is 25.1. The van der Waals surface area contributed by atoms with E-state index in [-0.39, 0.29) is 4.90 Å². The highest BCUT2D eigenvalue weighted by Crippen LogP contribution is 2.26. The fourth-order valence-electron chi connectivity index (χ4n) is 3.56. The first-order chi connectivity index (χ1) is 17.4. The minimum atomic E-state index is -3.77. The highest BCUT2D eigenvalue weighted by atomic mass is 32.2. The zero-order valence-electron chi connectivity index (χ0n) is 19.2. The SMILES string of the molecule is Cc1ccc(-c2nn(-c3ccc(S(N)(=O)=O)cc3)cc2/C=N/Nc2nc(-c3ccccc3)cs2)cc1. The number of nitrogens with zero attached hydrogens (tertiary/aromatic N) is 4. The van der Waals surface area contributed by atoms with Crippen LogP contribution in [-0.2, 0) is 10.0 Å². The number of primary sulfonamides is 1. The summed E-state index contributed by atoms with van der Waals surface area (Å²) < 4.78 is 24.9. The van der Waals surface area contributed by atoms with Crippen molar-refractivity contribution in [3.63, 3.8) is 0 Å². The van der Waals surface area contributed by atoms with Crippen LogP contribution in [0.5, 0.6) is 0 Å². The molecule has 10 heteroatoms. The van der Waals surface area contributed by atoms with Gasteiger partial charge in [-0.25, -0.2) is 23.2 Å². The van der Waals surface area contributed by atoms with Crippen molar-refractivity contribution in [1.29, 1.82) is 0 Å². The van der Waals surface area contributed by atoms with Gasteiger partial charge in [0.05, 0.1) is 22.5 Å². The van der Waals surface area contributed by atoms with E-state index in [9.17, 15) is 8.42 Å².